The van der Waals surface area contributed by atoms with Gasteiger partial charge < -0.3 is 15.2 Å². The predicted octanol–water partition coefficient (Wildman–Crippen LogP) is 0.437. The third-order valence-corrected chi connectivity index (χ3v) is 4.54. The van der Waals surface area contributed by atoms with Crippen LogP contribution in [0.5, 0.6) is 0 Å². The molecule has 2 atom stereocenters. The molecule has 1 fully saturated rings. The lowest BCUT2D eigenvalue weighted by Gasteiger charge is -2.29. The topological polar surface area (TPSA) is 95.5 Å². The molecule has 24 heavy (non-hydrogen) atoms. The fraction of sp³-hybridized carbons (Fsp3) is 0.688. The Hall–Kier alpha value is -1.93. The van der Waals surface area contributed by atoms with Crippen molar-refractivity contribution in [2.24, 2.45) is 5.73 Å². The Morgan fingerprint density at radius 1 is 1.54 bits per heavy atom. The lowest BCUT2D eigenvalue weighted by atomic mass is 10.1. The van der Waals surface area contributed by atoms with E-state index in [0.717, 1.165) is 38.2 Å². The van der Waals surface area contributed by atoms with Gasteiger partial charge in [0, 0.05) is 31.7 Å². The van der Waals surface area contributed by atoms with Crippen LogP contribution >= 0.6 is 0 Å². The number of hydrogen-bond acceptors (Lipinski definition) is 7. The van der Waals surface area contributed by atoms with Crippen molar-refractivity contribution in [2.75, 3.05) is 20.2 Å². The average molecular weight is 335 g/mol. The van der Waals surface area contributed by atoms with Gasteiger partial charge in [-0.3, -0.25) is 4.90 Å². The Labute approximate surface area is 141 Å². The normalized spacial score (nSPS) is 25.0. The number of nitrogens with zero attached hydrogens (tertiary/aromatic N) is 4. The van der Waals surface area contributed by atoms with E-state index in [1.165, 1.54) is 7.11 Å². The summed E-state index contributed by atoms with van der Waals surface area (Å²) in [6.45, 7) is 5.08. The Morgan fingerprint density at radius 3 is 3.12 bits per heavy atom. The molecular formula is C16H25N5O3. The largest absolute Gasteiger partial charge is 0.492 e. The zero-order valence-corrected chi connectivity index (χ0v) is 14.3. The highest BCUT2D eigenvalue weighted by molar-refractivity contribution is 5.89. The van der Waals surface area contributed by atoms with Gasteiger partial charge in [0.1, 0.15) is 11.9 Å². The third-order valence-electron chi connectivity index (χ3n) is 4.54. The molecule has 0 bridgehead atoms. The molecular weight excluding hydrogens is 310 g/mol. The van der Waals surface area contributed by atoms with Crippen LogP contribution in [0.1, 0.15) is 31.9 Å². The van der Waals surface area contributed by atoms with Crippen molar-refractivity contribution in [3.05, 3.63) is 23.2 Å². The molecule has 2 aliphatic heterocycles. The van der Waals surface area contributed by atoms with Gasteiger partial charge in [-0.05, 0) is 26.3 Å². The van der Waals surface area contributed by atoms with Gasteiger partial charge in [-0.1, -0.05) is 5.21 Å². The van der Waals surface area contributed by atoms with E-state index in [2.05, 4.69) is 15.2 Å². The number of hydrogen-bond donors (Lipinski definition) is 1. The van der Waals surface area contributed by atoms with Crippen molar-refractivity contribution in [3.63, 3.8) is 0 Å². The molecule has 1 saturated heterocycles. The molecule has 8 nitrogen and oxygen atoms in total. The molecule has 0 radical (unpaired) electrons. The third kappa shape index (κ3) is 3.93. The van der Waals surface area contributed by atoms with E-state index >= 15 is 0 Å². The van der Waals surface area contributed by atoms with Crippen LogP contribution in [-0.4, -0.2) is 58.2 Å². The van der Waals surface area contributed by atoms with Crippen LogP contribution in [0.15, 0.2) is 17.5 Å². The number of piperidine rings is 1. The number of aromatic nitrogens is 3. The van der Waals surface area contributed by atoms with E-state index in [1.807, 2.05) is 6.20 Å². The van der Waals surface area contributed by atoms with Gasteiger partial charge in [0.05, 0.1) is 24.9 Å². The van der Waals surface area contributed by atoms with E-state index in [-0.39, 0.29) is 18.1 Å². The van der Waals surface area contributed by atoms with E-state index < -0.39 is 0 Å². The lowest BCUT2D eigenvalue weighted by molar-refractivity contribution is -0.136. The van der Waals surface area contributed by atoms with Crippen molar-refractivity contribution in [1.82, 2.24) is 19.9 Å². The van der Waals surface area contributed by atoms with E-state index in [1.54, 1.807) is 11.6 Å². The second-order valence-corrected chi connectivity index (χ2v) is 6.54. The van der Waals surface area contributed by atoms with Gasteiger partial charge in [0.15, 0.2) is 0 Å². The highest BCUT2D eigenvalue weighted by Gasteiger charge is 2.29. The number of nitrogens with two attached hydrogens (primary N) is 1. The van der Waals surface area contributed by atoms with Crippen molar-refractivity contribution in [3.8, 4) is 0 Å². The highest BCUT2D eigenvalue weighted by Crippen LogP contribution is 2.26. The molecule has 0 aromatic carbocycles. The minimum Gasteiger partial charge on any atom is -0.492 e. The highest BCUT2D eigenvalue weighted by atomic mass is 16.5. The van der Waals surface area contributed by atoms with Crippen molar-refractivity contribution < 1.29 is 14.3 Å². The number of methoxy groups -OCH3 is 1. The fourth-order valence-corrected chi connectivity index (χ4v) is 3.36. The van der Waals surface area contributed by atoms with Gasteiger partial charge in [-0.2, -0.15) is 0 Å². The van der Waals surface area contributed by atoms with Crippen LogP contribution in [0, 0.1) is 0 Å². The van der Waals surface area contributed by atoms with Gasteiger partial charge >= 0.3 is 5.97 Å². The standard InChI is InChI=1S/C16H25N5O3/c1-11-15(16(22)23-2)6-14(24-11)10-21-9-13(18-19-21)8-20-5-3-4-12(17)7-20/h9,12,14H,3-8,10,17H2,1-2H3. The summed E-state index contributed by atoms with van der Waals surface area (Å²) in [4.78, 5) is 14.0. The molecule has 0 spiro atoms. The minimum absolute atomic E-state index is 0.114. The molecule has 2 unspecified atom stereocenters. The van der Waals surface area contributed by atoms with Crippen molar-refractivity contribution in [2.45, 2.75) is 51.4 Å². The Balaban J connectivity index is 1.53. The van der Waals surface area contributed by atoms with Gasteiger partial charge in [-0.15, -0.1) is 5.10 Å². The first-order chi connectivity index (χ1) is 11.5. The maximum absolute atomic E-state index is 11.7. The molecule has 0 saturated carbocycles. The summed E-state index contributed by atoms with van der Waals surface area (Å²) in [5.74, 6) is 0.310. The molecule has 1 aromatic rings. The summed E-state index contributed by atoms with van der Waals surface area (Å²) in [5, 5.41) is 8.41. The molecule has 0 aliphatic carbocycles. The van der Waals surface area contributed by atoms with Gasteiger partial charge in [0.25, 0.3) is 0 Å². The average Bonchev–Trinajstić information content (AvgIpc) is 3.13. The molecule has 1 aromatic heterocycles. The van der Waals surface area contributed by atoms with Crippen molar-refractivity contribution >= 4 is 5.97 Å². The molecule has 2 aliphatic rings. The second-order valence-electron chi connectivity index (χ2n) is 6.54. The monoisotopic (exact) mass is 335 g/mol. The van der Waals surface area contributed by atoms with Crippen LogP contribution in [0.25, 0.3) is 0 Å². The zero-order valence-electron chi connectivity index (χ0n) is 14.3. The first-order valence-corrected chi connectivity index (χ1v) is 8.37. The Bertz CT molecular complexity index is 627. The zero-order chi connectivity index (χ0) is 17.1. The van der Waals surface area contributed by atoms with E-state index in [9.17, 15) is 4.79 Å². The van der Waals surface area contributed by atoms with Crippen LogP contribution in [0.2, 0.25) is 0 Å². The molecule has 132 valence electrons. The maximum Gasteiger partial charge on any atom is 0.337 e. The molecule has 3 heterocycles. The van der Waals surface area contributed by atoms with Crippen LogP contribution in [-0.2, 0) is 27.4 Å². The Kier molecular flexibility index (Phi) is 5.15. The number of carbonyl (C=O) groups excluding carboxylic acids is 1. The predicted molar refractivity (Wildman–Crippen MR) is 86.7 cm³/mol. The van der Waals surface area contributed by atoms with Gasteiger partial charge in [-0.25, -0.2) is 9.48 Å². The van der Waals surface area contributed by atoms with Crippen LogP contribution in [0.4, 0.5) is 0 Å². The second kappa shape index (κ2) is 7.31. The molecule has 2 N–H and O–H groups in total. The summed E-state index contributed by atoms with van der Waals surface area (Å²) in [7, 11) is 1.38. The number of esters is 1. The lowest BCUT2D eigenvalue weighted by Crippen LogP contribution is -2.42. The quantitative estimate of drug-likeness (QED) is 0.780. The minimum atomic E-state index is -0.323. The first kappa shape index (κ1) is 16.9. The molecule has 8 heteroatoms. The number of carbonyl (C=O) groups is 1. The summed E-state index contributed by atoms with van der Waals surface area (Å²) >= 11 is 0. The van der Waals surface area contributed by atoms with E-state index in [4.69, 9.17) is 15.2 Å². The number of allylic oxidation sites excluding steroid dienone is 1. The van der Waals surface area contributed by atoms with Crippen molar-refractivity contribution in [1.29, 1.82) is 0 Å². The van der Waals surface area contributed by atoms with Crippen LogP contribution in [0.3, 0.4) is 0 Å². The summed E-state index contributed by atoms with van der Waals surface area (Å²) in [5.41, 5.74) is 7.55. The van der Waals surface area contributed by atoms with Gasteiger partial charge in [0.2, 0.25) is 0 Å². The SMILES string of the molecule is COC(=O)C1=C(C)OC(Cn2cc(CN3CCCC(N)C3)nn2)C1. The molecule has 0 amide bonds. The Morgan fingerprint density at radius 2 is 2.38 bits per heavy atom. The number of likely N-dealkylation sites (tertiary alicyclic amines) is 1. The molecule has 3 rings (SSSR count). The number of ether oxygens (including phenoxy) is 2. The first-order valence-electron chi connectivity index (χ1n) is 8.37. The van der Waals surface area contributed by atoms with E-state index in [0.29, 0.717) is 24.3 Å². The van der Waals surface area contributed by atoms with Crippen LogP contribution < -0.4 is 5.73 Å². The maximum atomic E-state index is 11.7. The smallest absolute Gasteiger partial charge is 0.337 e. The fourth-order valence-electron chi connectivity index (χ4n) is 3.36. The number of rotatable bonds is 5. The summed E-state index contributed by atoms with van der Waals surface area (Å²) < 4.78 is 12.3. The summed E-state index contributed by atoms with van der Waals surface area (Å²) in [6, 6.07) is 0.256. The summed E-state index contributed by atoms with van der Waals surface area (Å²) in [6.07, 6.45) is 4.59.